The Bertz CT molecular complexity index is 244. The van der Waals surface area contributed by atoms with Gasteiger partial charge in [0.25, 0.3) is 0 Å². The van der Waals surface area contributed by atoms with Crippen molar-refractivity contribution in [1.29, 1.82) is 0 Å². The Morgan fingerprint density at radius 2 is 2.40 bits per heavy atom. The standard InChI is InChI=1S/C6H8N2OS/c1-4-6(10-2)8-5(3-9)7-4/h3H,1-2H3,(H,7,8). The van der Waals surface area contributed by atoms with Gasteiger partial charge < -0.3 is 4.98 Å². The van der Waals surface area contributed by atoms with Gasteiger partial charge in [-0.3, -0.25) is 4.79 Å². The minimum atomic E-state index is 0.404. The van der Waals surface area contributed by atoms with E-state index in [1.165, 1.54) is 11.8 Å². The molecule has 0 unspecified atom stereocenters. The van der Waals surface area contributed by atoms with Crippen molar-refractivity contribution in [1.82, 2.24) is 9.97 Å². The lowest BCUT2D eigenvalue weighted by molar-refractivity contribution is 0.111. The van der Waals surface area contributed by atoms with Crippen molar-refractivity contribution in [3.05, 3.63) is 11.5 Å². The Balaban J connectivity index is 3.03. The number of hydrogen-bond acceptors (Lipinski definition) is 3. The van der Waals surface area contributed by atoms with Gasteiger partial charge in [0.15, 0.2) is 12.1 Å². The number of aldehydes is 1. The Morgan fingerprint density at radius 3 is 2.70 bits per heavy atom. The molecular formula is C6H8N2OS. The maximum Gasteiger partial charge on any atom is 0.185 e. The van der Waals surface area contributed by atoms with Crippen LogP contribution in [0.5, 0.6) is 0 Å². The minimum absolute atomic E-state index is 0.404. The molecule has 1 rings (SSSR count). The summed E-state index contributed by atoms with van der Waals surface area (Å²) >= 11 is 1.53. The molecule has 0 saturated heterocycles. The van der Waals surface area contributed by atoms with E-state index in [9.17, 15) is 4.79 Å². The van der Waals surface area contributed by atoms with Gasteiger partial charge in [-0.25, -0.2) is 4.98 Å². The molecule has 0 aliphatic heterocycles. The molecular weight excluding hydrogens is 148 g/mol. The maximum absolute atomic E-state index is 10.2. The lowest BCUT2D eigenvalue weighted by atomic mass is 10.6. The molecule has 1 aromatic rings. The Morgan fingerprint density at radius 1 is 1.70 bits per heavy atom. The van der Waals surface area contributed by atoms with Gasteiger partial charge in [0.1, 0.15) is 5.03 Å². The summed E-state index contributed by atoms with van der Waals surface area (Å²) in [4.78, 5) is 17.0. The molecule has 1 N–H and O–H groups in total. The number of carbonyl (C=O) groups is 1. The molecule has 0 spiro atoms. The second-order valence-electron chi connectivity index (χ2n) is 1.87. The molecule has 0 aliphatic rings. The number of rotatable bonds is 2. The topological polar surface area (TPSA) is 45.8 Å². The highest BCUT2D eigenvalue weighted by Gasteiger charge is 2.02. The number of hydrogen-bond donors (Lipinski definition) is 1. The third-order valence-electron chi connectivity index (χ3n) is 1.16. The molecule has 10 heavy (non-hydrogen) atoms. The molecule has 54 valence electrons. The van der Waals surface area contributed by atoms with Gasteiger partial charge in [0.2, 0.25) is 0 Å². The summed E-state index contributed by atoms with van der Waals surface area (Å²) in [5.74, 6) is 0.404. The summed E-state index contributed by atoms with van der Waals surface area (Å²) in [6.07, 6.45) is 2.64. The maximum atomic E-state index is 10.2. The van der Waals surface area contributed by atoms with E-state index in [1.807, 2.05) is 13.2 Å². The number of aromatic nitrogens is 2. The summed E-state index contributed by atoms with van der Waals surface area (Å²) < 4.78 is 0. The van der Waals surface area contributed by atoms with E-state index in [0.717, 1.165) is 10.7 Å². The Hall–Kier alpha value is -0.770. The largest absolute Gasteiger partial charge is 0.339 e. The molecule has 0 aromatic carbocycles. The summed E-state index contributed by atoms with van der Waals surface area (Å²) in [5.41, 5.74) is 0.953. The highest BCUT2D eigenvalue weighted by molar-refractivity contribution is 7.98. The van der Waals surface area contributed by atoms with Crippen LogP contribution in [0.15, 0.2) is 5.03 Å². The second-order valence-corrected chi connectivity index (χ2v) is 2.67. The quantitative estimate of drug-likeness (QED) is 0.517. The van der Waals surface area contributed by atoms with Crippen molar-refractivity contribution in [3.8, 4) is 0 Å². The van der Waals surface area contributed by atoms with Gasteiger partial charge in [0, 0.05) is 5.69 Å². The van der Waals surface area contributed by atoms with Crippen LogP contribution in [0.3, 0.4) is 0 Å². The van der Waals surface area contributed by atoms with E-state index in [0.29, 0.717) is 12.1 Å². The lowest BCUT2D eigenvalue weighted by Crippen LogP contribution is -1.80. The zero-order valence-corrected chi connectivity index (χ0v) is 6.66. The first-order valence-electron chi connectivity index (χ1n) is 2.83. The van der Waals surface area contributed by atoms with Crippen LogP contribution in [-0.4, -0.2) is 22.5 Å². The molecule has 0 bridgehead atoms. The van der Waals surface area contributed by atoms with Crippen molar-refractivity contribution in [3.63, 3.8) is 0 Å². The van der Waals surface area contributed by atoms with Gasteiger partial charge in [-0.1, -0.05) is 0 Å². The van der Waals surface area contributed by atoms with Gasteiger partial charge in [0.05, 0.1) is 0 Å². The van der Waals surface area contributed by atoms with Crippen LogP contribution in [0.25, 0.3) is 0 Å². The van der Waals surface area contributed by atoms with E-state index in [4.69, 9.17) is 0 Å². The fourth-order valence-electron chi connectivity index (χ4n) is 0.721. The average molecular weight is 156 g/mol. The van der Waals surface area contributed by atoms with Gasteiger partial charge in [-0.2, -0.15) is 0 Å². The van der Waals surface area contributed by atoms with E-state index in [-0.39, 0.29) is 0 Å². The molecule has 0 radical (unpaired) electrons. The third kappa shape index (κ3) is 1.21. The van der Waals surface area contributed by atoms with Crippen molar-refractivity contribution >= 4 is 18.0 Å². The average Bonchev–Trinajstić information content (AvgIpc) is 2.30. The van der Waals surface area contributed by atoms with Crippen LogP contribution in [0, 0.1) is 6.92 Å². The van der Waals surface area contributed by atoms with Gasteiger partial charge in [-0.15, -0.1) is 11.8 Å². The summed E-state index contributed by atoms with van der Waals surface area (Å²) in [5, 5.41) is 0.891. The minimum Gasteiger partial charge on any atom is -0.339 e. The number of nitrogens with one attached hydrogen (secondary N) is 1. The molecule has 1 aromatic heterocycles. The summed E-state index contributed by atoms with van der Waals surface area (Å²) in [7, 11) is 0. The number of aryl methyl sites for hydroxylation is 1. The number of aromatic amines is 1. The number of imidazole rings is 1. The van der Waals surface area contributed by atoms with Crippen molar-refractivity contribution in [2.75, 3.05) is 6.26 Å². The Kier molecular flexibility index (Phi) is 2.11. The molecule has 0 atom stereocenters. The van der Waals surface area contributed by atoms with E-state index in [1.54, 1.807) is 0 Å². The first-order valence-corrected chi connectivity index (χ1v) is 4.06. The van der Waals surface area contributed by atoms with E-state index >= 15 is 0 Å². The highest BCUT2D eigenvalue weighted by atomic mass is 32.2. The van der Waals surface area contributed by atoms with Crippen LogP contribution < -0.4 is 0 Å². The fraction of sp³-hybridized carbons (Fsp3) is 0.333. The monoisotopic (exact) mass is 156 g/mol. The molecule has 4 heteroatoms. The number of H-pyrrole nitrogens is 1. The predicted molar refractivity (Wildman–Crippen MR) is 40.5 cm³/mol. The molecule has 0 aliphatic carbocycles. The van der Waals surface area contributed by atoms with Crippen LogP contribution in [-0.2, 0) is 0 Å². The predicted octanol–water partition coefficient (Wildman–Crippen LogP) is 1.25. The van der Waals surface area contributed by atoms with Crippen LogP contribution in [0.1, 0.15) is 16.3 Å². The van der Waals surface area contributed by atoms with E-state index in [2.05, 4.69) is 9.97 Å². The van der Waals surface area contributed by atoms with Crippen LogP contribution in [0.4, 0.5) is 0 Å². The van der Waals surface area contributed by atoms with Crippen molar-refractivity contribution in [2.24, 2.45) is 0 Å². The first kappa shape index (κ1) is 7.34. The lowest BCUT2D eigenvalue weighted by Gasteiger charge is -1.85. The molecule has 0 saturated carbocycles. The molecule has 1 heterocycles. The van der Waals surface area contributed by atoms with Gasteiger partial charge in [-0.05, 0) is 13.2 Å². The fourth-order valence-corrected chi connectivity index (χ4v) is 1.27. The SMILES string of the molecule is CSc1nc(C=O)[nH]c1C. The van der Waals surface area contributed by atoms with Crippen molar-refractivity contribution in [2.45, 2.75) is 11.9 Å². The first-order chi connectivity index (χ1) is 4.77. The third-order valence-corrected chi connectivity index (χ3v) is 1.95. The van der Waals surface area contributed by atoms with Crippen LogP contribution >= 0.6 is 11.8 Å². The number of carbonyl (C=O) groups excluding carboxylic acids is 1. The van der Waals surface area contributed by atoms with E-state index < -0.39 is 0 Å². The highest BCUT2D eigenvalue weighted by Crippen LogP contribution is 2.15. The number of nitrogens with zero attached hydrogens (tertiary/aromatic N) is 1. The van der Waals surface area contributed by atoms with Gasteiger partial charge >= 0.3 is 0 Å². The number of thioether (sulfide) groups is 1. The summed E-state index contributed by atoms with van der Waals surface area (Å²) in [6.45, 7) is 1.89. The zero-order chi connectivity index (χ0) is 7.56. The molecule has 0 amide bonds. The Labute approximate surface area is 63.2 Å². The second kappa shape index (κ2) is 2.88. The molecule has 3 nitrogen and oxygen atoms in total. The van der Waals surface area contributed by atoms with Crippen molar-refractivity contribution < 1.29 is 4.79 Å². The smallest absolute Gasteiger partial charge is 0.185 e. The summed E-state index contributed by atoms with van der Waals surface area (Å²) in [6, 6.07) is 0. The molecule has 0 fully saturated rings. The zero-order valence-electron chi connectivity index (χ0n) is 5.84. The van der Waals surface area contributed by atoms with Crippen LogP contribution in [0.2, 0.25) is 0 Å². The normalized spacial score (nSPS) is 9.80.